The molecule has 0 radical (unpaired) electrons. The Kier molecular flexibility index (Phi) is 2.37. The highest BCUT2D eigenvalue weighted by Crippen LogP contribution is 2.32. The molecule has 2 heteroatoms. The van der Waals surface area contributed by atoms with Gasteiger partial charge >= 0.3 is 0 Å². The lowest BCUT2D eigenvalue weighted by atomic mass is 9.98. The Morgan fingerprint density at radius 3 is 3.08 bits per heavy atom. The molecule has 0 aromatic carbocycles. The van der Waals surface area contributed by atoms with Crippen LogP contribution in [0.3, 0.4) is 0 Å². The zero-order chi connectivity index (χ0) is 8.55. The Hall–Kier alpha value is -0.0800. The van der Waals surface area contributed by atoms with Crippen molar-refractivity contribution in [3.8, 4) is 0 Å². The largest absolute Gasteiger partial charge is 0.148 e. The number of hydrogen-bond donors (Lipinski definition) is 0. The molecule has 0 saturated heterocycles. The molecule has 1 aliphatic rings. The zero-order valence-electron chi connectivity index (χ0n) is 7.06. The quantitative estimate of drug-likeness (QED) is 0.654. The number of aryl methyl sites for hydroxylation is 1. The lowest BCUT2D eigenvalue weighted by Gasteiger charge is -2.09. The third kappa shape index (κ3) is 1.38. The van der Waals surface area contributed by atoms with Crippen LogP contribution in [0.1, 0.15) is 29.3 Å². The van der Waals surface area contributed by atoms with Gasteiger partial charge < -0.3 is 0 Å². The van der Waals surface area contributed by atoms with Gasteiger partial charge in [-0.2, -0.15) is 0 Å². The van der Waals surface area contributed by atoms with Gasteiger partial charge in [-0.1, -0.05) is 27.6 Å². The van der Waals surface area contributed by atoms with E-state index in [1.807, 2.05) is 11.3 Å². The monoisotopic (exact) mass is 242 g/mol. The van der Waals surface area contributed by atoms with Crippen molar-refractivity contribution in [3.05, 3.63) is 27.0 Å². The van der Waals surface area contributed by atoms with Crippen LogP contribution < -0.4 is 0 Å². The maximum atomic E-state index is 3.51. The van der Waals surface area contributed by atoms with Crippen molar-refractivity contribution in [1.82, 2.24) is 0 Å². The van der Waals surface area contributed by atoms with Crippen LogP contribution in [0.15, 0.2) is 11.0 Å². The van der Waals surface area contributed by atoms with E-state index in [1.165, 1.54) is 29.5 Å². The van der Waals surface area contributed by atoms with Crippen molar-refractivity contribution in [3.63, 3.8) is 0 Å². The summed E-state index contributed by atoms with van der Waals surface area (Å²) >= 11 is 5.42. The summed E-state index contributed by atoms with van der Waals surface area (Å²) in [5.41, 5.74) is 4.46. The minimum Gasteiger partial charge on any atom is -0.148 e. The van der Waals surface area contributed by atoms with Gasteiger partial charge in [0.25, 0.3) is 0 Å². The van der Waals surface area contributed by atoms with Gasteiger partial charge in [0.1, 0.15) is 0 Å². The number of halogens is 1. The summed E-state index contributed by atoms with van der Waals surface area (Å²) < 4.78 is 0. The second kappa shape index (κ2) is 3.35. The Labute approximate surface area is 85.4 Å². The normalized spacial score (nSPS) is 15.7. The van der Waals surface area contributed by atoms with Crippen LogP contribution in [0.4, 0.5) is 0 Å². The molecular formula is C10H11BrS. The minimum atomic E-state index is 0.989. The topological polar surface area (TPSA) is 0 Å². The molecule has 1 heterocycles. The van der Waals surface area contributed by atoms with E-state index in [0.717, 1.165) is 5.33 Å². The molecule has 0 nitrogen and oxygen atoms in total. The maximum absolute atomic E-state index is 3.51. The number of alkyl halides is 1. The van der Waals surface area contributed by atoms with E-state index in [-0.39, 0.29) is 0 Å². The van der Waals surface area contributed by atoms with Gasteiger partial charge in [0.15, 0.2) is 0 Å². The van der Waals surface area contributed by atoms with Gasteiger partial charge in [0, 0.05) is 10.2 Å². The molecule has 0 atom stereocenters. The second-order valence-electron chi connectivity index (χ2n) is 3.22. The molecule has 0 spiro atoms. The van der Waals surface area contributed by atoms with Crippen LogP contribution in [0, 0.1) is 0 Å². The van der Waals surface area contributed by atoms with E-state index in [9.17, 15) is 0 Å². The Morgan fingerprint density at radius 1 is 1.50 bits per heavy atom. The molecule has 12 heavy (non-hydrogen) atoms. The van der Waals surface area contributed by atoms with Crippen molar-refractivity contribution < 1.29 is 0 Å². The molecule has 0 bridgehead atoms. The molecular weight excluding hydrogens is 232 g/mol. The predicted octanol–water partition coefficient (Wildman–Crippen LogP) is 3.99. The standard InChI is InChI=1S/C10H11BrS/c1-7-2-3-10-9(4-7)8(5-11)6-12-10/h4,6H,2-3,5H2,1H3. The number of allylic oxidation sites excluding steroid dienone is 1. The zero-order valence-corrected chi connectivity index (χ0v) is 9.46. The average Bonchev–Trinajstić information content (AvgIpc) is 2.46. The molecule has 1 aliphatic carbocycles. The van der Waals surface area contributed by atoms with Gasteiger partial charge in [-0.3, -0.25) is 0 Å². The predicted molar refractivity (Wildman–Crippen MR) is 58.9 cm³/mol. The summed E-state index contributed by atoms with van der Waals surface area (Å²) in [5, 5.41) is 3.26. The second-order valence-corrected chi connectivity index (χ2v) is 4.75. The molecule has 2 rings (SSSR count). The van der Waals surface area contributed by atoms with Crippen LogP contribution in [0.2, 0.25) is 0 Å². The first-order valence-electron chi connectivity index (χ1n) is 4.13. The van der Waals surface area contributed by atoms with Crippen molar-refractivity contribution in [2.45, 2.75) is 25.1 Å². The van der Waals surface area contributed by atoms with Gasteiger partial charge in [-0.15, -0.1) is 11.3 Å². The van der Waals surface area contributed by atoms with E-state index < -0.39 is 0 Å². The van der Waals surface area contributed by atoms with Gasteiger partial charge in [-0.05, 0) is 36.3 Å². The summed E-state index contributed by atoms with van der Waals surface area (Å²) in [7, 11) is 0. The third-order valence-corrected chi connectivity index (χ3v) is 3.99. The highest BCUT2D eigenvalue weighted by molar-refractivity contribution is 9.08. The van der Waals surface area contributed by atoms with E-state index >= 15 is 0 Å². The molecule has 1 aromatic rings. The Bertz CT molecular complexity index is 323. The fourth-order valence-corrected chi connectivity index (χ4v) is 3.26. The van der Waals surface area contributed by atoms with Crippen molar-refractivity contribution in [1.29, 1.82) is 0 Å². The third-order valence-electron chi connectivity index (χ3n) is 2.27. The fraction of sp³-hybridized carbons (Fsp3) is 0.400. The summed E-state index contributed by atoms with van der Waals surface area (Å²) in [6, 6.07) is 0. The fourth-order valence-electron chi connectivity index (χ4n) is 1.55. The van der Waals surface area contributed by atoms with Gasteiger partial charge in [-0.25, -0.2) is 0 Å². The molecule has 0 aliphatic heterocycles. The highest BCUT2D eigenvalue weighted by atomic mass is 79.9. The summed E-state index contributed by atoms with van der Waals surface area (Å²) in [4.78, 5) is 1.56. The van der Waals surface area contributed by atoms with E-state index in [4.69, 9.17) is 0 Å². The smallest absolute Gasteiger partial charge is 0.0297 e. The van der Waals surface area contributed by atoms with Crippen LogP contribution in [-0.4, -0.2) is 0 Å². The van der Waals surface area contributed by atoms with Gasteiger partial charge in [0.05, 0.1) is 0 Å². The first-order chi connectivity index (χ1) is 5.81. The van der Waals surface area contributed by atoms with Crippen molar-refractivity contribution >= 4 is 33.3 Å². The van der Waals surface area contributed by atoms with Crippen molar-refractivity contribution in [2.24, 2.45) is 0 Å². The summed E-state index contributed by atoms with van der Waals surface area (Å²) in [6.07, 6.45) is 4.83. The number of rotatable bonds is 1. The molecule has 1 aromatic heterocycles. The minimum absolute atomic E-state index is 0.989. The lowest BCUT2D eigenvalue weighted by Crippen LogP contribution is -1.94. The molecule has 64 valence electrons. The number of fused-ring (bicyclic) bond motifs is 1. The molecule has 0 unspecified atom stereocenters. The Balaban J connectivity index is 2.49. The van der Waals surface area contributed by atoms with Crippen LogP contribution >= 0.6 is 27.3 Å². The summed E-state index contributed by atoms with van der Waals surface area (Å²) in [6.45, 7) is 2.22. The van der Waals surface area contributed by atoms with Crippen molar-refractivity contribution in [2.75, 3.05) is 0 Å². The van der Waals surface area contributed by atoms with E-state index in [0.29, 0.717) is 0 Å². The first kappa shape index (κ1) is 8.52. The molecule has 0 N–H and O–H groups in total. The Morgan fingerprint density at radius 2 is 2.33 bits per heavy atom. The highest BCUT2D eigenvalue weighted by Gasteiger charge is 2.12. The first-order valence-corrected chi connectivity index (χ1v) is 6.13. The molecule has 0 fully saturated rings. The number of hydrogen-bond acceptors (Lipinski definition) is 1. The molecule has 0 amide bonds. The van der Waals surface area contributed by atoms with E-state index in [1.54, 1.807) is 4.88 Å². The lowest BCUT2D eigenvalue weighted by molar-refractivity contribution is 0.946. The SMILES string of the molecule is CC1=Cc2c(CBr)csc2CC1. The van der Waals surface area contributed by atoms with Crippen LogP contribution in [0.25, 0.3) is 6.08 Å². The number of thiophene rings is 1. The maximum Gasteiger partial charge on any atom is 0.0297 e. The summed E-state index contributed by atoms with van der Waals surface area (Å²) in [5.74, 6) is 0. The average molecular weight is 243 g/mol. The van der Waals surface area contributed by atoms with E-state index in [2.05, 4.69) is 34.3 Å². The van der Waals surface area contributed by atoms with Gasteiger partial charge in [0.2, 0.25) is 0 Å². The molecule has 0 saturated carbocycles. The van der Waals surface area contributed by atoms with Crippen LogP contribution in [-0.2, 0) is 11.8 Å². The van der Waals surface area contributed by atoms with Crippen LogP contribution in [0.5, 0.6) is 0 Å².